The van der Waals surface area contributed by atoms with Crippen molar-refractivity contribution in [1.29, 1.82) is 0 Å². The number of nitrogens with zero attached hydrogens (tertiary/aromatic N) is 1. The zero-order valence-corrected chi connectivity index (χ0v) is 12.4. The predicted molar refractivity (Wildman–Crippen MR) is 84.7 cm³/mol. The minimum absolute atomic E-state index is 0.240. The average Bonchev–Trinajstić information content (AvgIpc) is 2.55. The van der Waals surface area contributed by atoms with Crippen LogP contribution in [0.1, 0.15) is 15.9 Å². The number of primary amides is 1. The quantitative estimate of drug-likeness (QED) is 0.381. The molecule has 0 unspecified atom stereocenters. The number of hydrogen-bond donors (Lipinski definition) is 2. The zero-order valence-electron chi connectivity index (χ0n) is 12.4. The first kappa shape index (κ1) is 16.0. The summed E-state index contributed by atoms with van der Waals surface area (Å²) in [7, 11) is 1.47. The minimum Gasteiger partial charge on any atom is -0.493 e. The van der Waals surface area contributed by atoms with Gasteiger partial charge in [-0.3, -0.25) is 0 Å². The molecule has 0 bridgehead atoms. The number of amides is 2. The molecule has 2 amide bonds. The molecule has 0 aliphatic heterocycles. The molecule has 2 aromatic carbocycles. The van der Waals surface area contributed by atoms with Crippen LogP contribution in [-0.2, 0) is 0 Å². The van der Waals surface area contributed by atoms with Crippen molar-refractivity contribution in [1.82, 2.24) is 5.43 Å². The van der Waals surface area contributed by atoms with Gasteiger partial charge in [0, 0.05) is 0 Å². The summed E-state index contributed by atoms with van der Waals surface area (Å²) in [5, 5.41) is 3.64. The Morgan fingerprint density at radius 1 is 1.13 bits per heavy atom. The molecule has 0 aliphatic rings. The number of rotatable bonds is 5. The number of nitrogens with one attached hydrogen (secondary N) is 1. The van der Waals surface area contributed by atoms with Gasteiger partial charge in [0.15, 0.2) is 11.5 Å². The normalized spacial score (nSPS) is 10.3. The average molecular weight is 313 g/mol. The molecule has 2 aromatic rings. The third-order valence-electron chi connectivity index (χ3n) is 2.79. The van der Waals surface area contributed by atoms with E-state index in [-0.39, 0.29) is 5.75 Å². The predicted octanol–water partition coefficient (Wildman–Crippen LogP) is 1.92. The summed E-state index contributed by atoms with van der Waals surface area (Å²) in [5.74, 6) is 0.131. The second kappa shape index (κ2) is 7.60. The van der Waals surface area contributed by atoms with Crippen molar-refractivity contribution in [2.75, 3.05) is 7.11 Å². The van der Waals surface area contributed by atoms with Crippen LogP contribution in [0.25, 0.3) is 0 Å². The number of esters is 1. The first-order valence-corrected chi connectivity index (χ1v) is 6.64. The summed E-state index contributed by atoms with van der Waals surface area (Å²) in [5.41, 5.74) is 8.00. The van der Waals surface area contributed by atoms with Crippen molar-refractivity contribution >= 4 is 18.2 Å². The minimum atomic E-state index is -0.773. The Hall–Kier alpha value is -3.35. The lowest BCUT2D eigenvalue weighted by atomic mass is 10.2. The first-order valence-electron chi connectivity index (χ1n) is 6.64. The van der Waals surface area contributed by atoms with E-state index >= 15 is 0 Å². The topological polar surface area (TPSA) is 103 Å². The second-order valence-electron chi connectivity index (χ2n) is 4.40. The number of carbonyl (C=O) groups excluding carboxylic acids is 2. The molecule has 0 radical (unpaired) electrons. The molecule has 118 valence electrons. The summed E-state index contributed by atoms with van der Waals surface area (Å²) >= 11 is 0. The Kier molecular flexibility index (Phi) is 5.30. The summed E-state index contributed by atoms with van der Waals surface area (Å²) in [6.07, 6.45) is 1.37. The lowest BCUT2D eigenvalue weighted by Gasteiger charge is -2.10. The number of benzene rings is 2. The van der Waals surface area contributed by atoms with E-state index in [2.05, 4.69) is 10.5 Å². The van der Waals surface area contributed by atoms with Crippen LogP contribution in [0.2, 0.25) is 0 Å². The van der Waals surface area contributed by atoms with Crippen LogP contribution in [0.4, 0.5) is 4.79 Å². The van der Waals surface area contributed by atoms with Gasteiger partial charge in [0.05, 0.1) is 18.9 Å². The van der Waals surface area contributed by atoms with E-state index in [1.165, 1.54) is 13.3 Å². The number of urea groups is 1. The fourth-order valence-electron chi connectivity index (χ4n) is 1.76. The van der Waals surface area contributed by atoms with E-state index in [4.69, 9.17) is 15.2 Å². The van der Waals surface area contributed by atoms with Crippen molar-refractivity contribution in [3.05, 3.63) is 59.7 Å². The van der Waals surface area contributed by atoms with Gasteiger partial charge in [-0.05, 0) is 35.9 Å². The lowest BCUT2D eigenvalue weighted by Crippen LogP contribution is -2.24. The zero-order chi connectivity index (χ0) is 16.7. The van der Waals surface area contributed by atoms with Gasteiger partial charge >= 0.3 is 12.0 Å². The Balaban J connectivity index is 2.20. The number of ether oxygens (including phenoxy) is 2. The number of nitrogens with two attached hydrogens (primary N) is 1. The number of methoxy groups -OCH3 is 1. The van der Waals surface area contributed by atoms with Crippen LogP contribution in [0, 0.1) is 0 Å². The van der Waals surface area contributed by atoms with Crippen molar-refractivity contribution in [2.45, 2.75) is 0 Å². The van der Waals surface area contributed by atoms with Gasteiger partial charge < -0.3 is 15.2 Å². The summed E-state index contributed by atoms with van der Waals surface area (Å²) < 4.78 is 10.5. The highest BCUT2D eigenvalue weighted by molar-refractivity contribution is 5.91. The van der Waals surface area contributed by atoms with Crippen molar-refractivity contribution < 1.29 is 19.1 Å². The summed E-state index contributed by atoms with van der Waals surface area (Å²) in [4.78, 5) is 22.7. The molecular formula is C16H15N3O4. The monoisotopic (exact) mass is 313 g/mol. The molecule has 0 aromatic heterocycles. The molecule has 0 spiro atoms. The SMILES string of the molecule is COc1ccc(/C=N\NC(N)=O)cc1OC(=O)c1ccccc1. The fourth-order valence-corrected chi connectivity index (χ4v) is 1.76. The Morgan fingerprint density at radius 3 is 2.52 bits per heavy atom. The van der Waals surface area contributed by atoms with E-state index < -0.39 is 12.0 Å². The fraction of sp³-hybridized carbons (Fsp3) is 0.0625. The third kappa shape index (κ3) is 4.57. The molecule has 3 N–H and O–H groups in total. The molecule has 0 heterocycles. The van der Waals surface area contributed by atoms with Crippen LogP contribution in [0.15, 0.2) is 53.6 Å². The van der Waals surface area contributed by atoms with Gasteiger partial charge in [-0.15, -0.1) is 0 Å². The highest BCUT2D eigenvalue weighted by atomic mass is 16.6. The Morgan fingerprint density at radius 2 is 1.87 bits per heavy atom. The third-order valence-corrected chi connectivity index (χ3v) is 2.79. The van der Waals surface area contributed by atoms with Gasteiger partial charge in [0.2, 0.25) is 0 Å². The molecule has 7 nitrogen and oxygen atoms in total. The maximum absolute atomic E-state index is 12.1. The van der Waals surface area contributed by atoms with Crippen molar-refractivity contribution in [2.24, 2.45) is 10.8 Å². The smallest absolute Gasteiger partial charge is 0.343 e. The van der Waals surface area contributed by atoms with Crippen LogP contribution in [-0.4, -0.2) is 25.3 Å². The van der Waals surface area contributed by atoms with E-state index in [9.17, 15) is 9.59 Å². The van der Waals surface area contributed by atoms with E-state index in [0.29, 0.717) is 16.9 Å². The molecule has 0 saturated heterocycles. The molecule has 0 saturated carbocycles. The number of carbonyl (C=O) groups is 2. The summed E-state index contributed by atoms with van der Waals surface area (Å²) in [6, 6.07) is 12.7. The summed E-state index contributed by atoms with van der Waals surface area (Å²) in [6.45, 7) is 0. The van der Waals surface area contributed by atoms with Crippen LogP contribution in [0.3, 0.4) is 0 Å². The van der Waals surface area contributed by atoms with Crippen molar-refractivity contribution in [3.8, 4) is 11.5 Å². The van der Waals surface area contributed by atoms with Gasteiger partial charge in [0.25, 0.3) is 0 Å². The van der Waals surface area contributed by atoms with Gasteiger partial charge in [-0.1, -0.05) is 18.2 Å². The van der Waals surface area contributed by atoms with Crippen LogP contribution in [0.5, 0.6) is 11.5 Å². The van der Waals surface area contributed by atoms with Crippen LogP contribution < -0.4 is 20.6 Å². The second-order valence-corrected chi connectivity index (χ2v) is 4.40. The first-order chi connectivity index (χ1) is 11.1. The van der Waals surface area contributed by atoms with Gasteiger partial charge in [-0.2, -0.15) is 5.10 Å². The Bertz CT molecular complexity index is 729. The highest BCUT2D eigenvalue weighted by Crippen LogP contribution is 2.28. The maximum Gasteiger partial charge on any atom is 0.343 e. The van der Waals surface area contributed by atoms with E-state index in [1.807, 2.05) is 0 Å². The largest absolute Gasteiger partial charge is 0.493 e. The lowest BCUT2D eigenvalue weighted by molar-refractivity contribution is 0.0729. The molecule has 23 heavy (non-hydrogen) atoms. The molecule has 0 atom stereocenters. The standard InChI is InChI=1S/C16H15N3O4/c1-22-13-8-7-11(10-18-19-16(17)21)9-14(13)23-15(20)12-5-3-2-4-6-12/h2-10H,1H3,(H3,17,19,21)/b18-10-. The highest BCUT2D eigenvalue weighted by Gasteiger charge is 2.12. The Labute approximate surface area is 132 Å². The number of hydrazone groups is 1. The van der Waals surface area contributed by atoms with E-state index in [1.54, 1.807) is 48.5 Å². The van der Waals surface area contributed by atoms with Gasteiger partial charge in [0.1, 0.15) is 0 Å². The molecule has 0 fully saturated rings. The maximum atomic E-state index is 12.1. The molecule has 7 heteroatoms. The molecular weight excluding hydrogens is 298 g/mol. The van der Waals surface area contributed by atoms with E-state index in [0.717, 1.165) is 0 Å². The van der Waals surface area contributed by atoms with Crippen molar-refractivity contribution in [3.63, 3.8) is 0 Å². The molecule has 0 aliphatic carbocycles. The van der Waals surface area contributed by atoms with Crippen LogP contribution >= 0.6 is 0 Å². The van der Waals surface area contributed by atoms with Gasteiger partial charge in [-0.25, -0.2) is 15.0 Å². The molecule has 2 rings (SSSR count). The number of hydrogen-bond acceptors (Lipinski definition) is 5.